The monoisotopic (exact) mass is 555 g/mol. The second kappa shape index (κ2) is 10.5. The van der Waals surface area contributed by atoms with Gasteiger partial charge in [-0.1, -0.05) is 109 Å². The van der Waals surface area contributed by atoms with Crippen molar-refractivity contribution in [2.24, 2.45) is 0 Å². The van der Waals surface area contributed by atoms with E-state index in [1.807, 2.05) is 0 Å². The molecule has 0 saturated carbocycles. The molecule has 1 aromatic heterocycles. The largest absolute Gasteiger partial charge is 0.381 e. The van der Waals surface area contributed by atoms with Crippen molar-refractivity contribution in [1.82, 2.24) is 15.2 Å². The molecule has 0 spiro atoms. The predicted molar refractivity (Wildman–Crippen MR) is 183 cm³/mol. The zero-order chi connectivity index (χ0) is 28.8. The third-order valence-electron chi connectivity index (χ3n) is 8.87. The number of nitrogens with zero attached hydrogens (tertiary/aromatic N) is 1. The highest BCUT2D eigenvalue weighted by atomic mass is 15.0. The summed E-state index contributed by atoms with van der Waals surface area (Å²) >= 11 is 0. The topological polar surface area (TPSA) is 29.0 Å². The van der Waals surface area contributed by atoms with Gasteiger partial charge in [0.1, 0.15) is 0 Å². The van der Waals surface area contributed by atoms with Crippen LogP contribution in [0.15, 0.2) is 145 Å². The number of aromatic nitrogens is 1. The summed E-state index contributed by atoms with van der Waals surface area (Å²) in [7, 11) is 0. The van der Waals surface area contributed by atoms with E-state index in [2.05, 4.69) is 156 Å². The number of allylic oxidation sites excluding steroid dienone is 4. The normalized spacial score (nSPS) is 14.8. The maximum atomic E-state index is 3.65. The molecule has 0 bridgehead atoms. The lowest BCUT2D eigenvalue weighted by Crippen LogP contribution is -2.25. The predicted octanol–water partition coefficient (Wildman–Crippen LogP) is 9.22. The van der Waals surface area contributed by atoms with Gasteiger partial charge in [-0.15, -0.1) is 0 Å². The highest BCUT2D eigenvalue weighted by Crippen LogP contribution is 2.37. The second-order valence-electron chi connectivity index (χ2n) is 11.3. The number of aryl methyl sites for hydroxylation is 1. The number of rotatable bonds is 5. The van der Waals surface area contributed by atoms with Crippen molar-refractivity contribution >= 4 is 38.3 Å². The zero-order valence-electron chi connectivity index (χ0n) is 24.3. The number of fused-ring (bicyclic) bond motifs is 5. The first kappa shape index (κ1) is 25.4. The van der Waals surface area contributed by atoms with Gasteiger partial charge < -0.3 is 15.2 Å². The van der Waals surface area contributed by atoms with E-state index >= 15 is 0 Å². The smallest absolute Gasteiger partial charge is 0.0570 e. The Bertz CT molecular complexity index is 2140. The molecular formula is C40H33N3. The van der Waals surface area contributed by atoms with Gasteiger partial charge in [-0.05, 0) is 70.0 Å². The minimum absolute atomic E-state index is 0.816. The zero-order valence-corrected chi connectivity index (χ0v) is 24.3. The van der Waals surface area contributed by atoms with Crippen molar-refractivity contribution in [3.63, 3.8) is 0 Å². The summed E-state index contributed by atoms with van der Waals surface area (Å²) in [6.45, 7) is 4.87. The van der Waals surface area contributed by atoms with Crippen molar-refractivity contribution < 1.29 is 0 Å². The number of dihydropyridines is 2. The Hall–Kier alpha value is -5.28. The average Bonchev–Trinajstić information content (AvgIpc) is 3.42. The minimum atomic E-state index is 0.816. The van der Waals surface area contributed by atoms with Crippen LogP contribution < -0.4 is 10.6 Å². The summed E-state index contributed by atoms with van der Waals surface area (Å²) in [6, 6.07) is 37.9. The van der Waals surface area contributed by atoms with Gasteiger partial charge in [-0.3, -0.25) is 0 Å². The first-order valence-corrected chi connectivity index (χ1v) is 15.2. The van der Waals surface area contributed by atoms with Gasteiger partial charge in [0, 0.05) is 52.7 Å². The molecule has 8 rings (SSSR count). The molecule has 0 amide bonds. The molecule has 0 fully saturated rings. The summed E-state index contributed by atoms with van der Waals surface area (Å²) in [6.07, 6.45) is 10.8. The molecule has 2 N–H and O–H groups in total. The maximum Gasteiger partial charge on any atom is 0.0570 e. The summed E-state index contributed by atoms with van der Waals surface area (Å²) < 4.78 is 2.49. The van der Waals surface area contributed by atoms with Crippen molar-refractivity contribution in [2.45, 2.75) is 13.5 Å². The molecule has 5 aromatic carbocycles. The molecule has 0 saturated heterocycles. The lowest BCUT2D eigenvalue weighted by Gasteiger charge is -2.21. The Morgan fingerprint density at radius 2 is 1.33 bits per heavy atom. The molecule has 0 unspecified atom stereocenters. The van der Waals surface area contributed by atoms with Gasteiger partial charge in [0.2, 0.25) is 0 Å². The van der Waals surface area contributed by atoms with E-state index in [4.69, 9.17) is 0 Å². The van der Waals surface area contributed by atoms with Gasteiger partial charge in [0.05, 0.1) is 5.52 Å². The molecule has 2 aliphatic heterocycles. The number of nitrogens with one attached hydrogen (secondary N) is 2. The Morgan fingerprint density at radius 1 is 0.605 bits per heavy atom. The van der Waals surface area contributed by atoms with Crippen LogP contribution in [-0.2, 0) is 6.54 Å². The van der Waals surface area contributed by atoms with Crippen LogP contribution in [0.3, 0.4) is 0 Å². The molecule has 3 nitrogen and oxygen atoms in total. The van der Waals surface area contributed by atoms with Crippen molar-refractivity contribution in [1.29, 1.82) is 0 Å². The van der Waals surface area contributed by atoms with E-state index in [-0.39, 0.29) is 0 Å². The third-order valence-corrected chi connectivity index (χ3v) is 8.87. The van der Waals surface area contributed by atoms with Crippen LogP contribution in [0, 0.1) is 0 Å². The van der Waals surface area contributed by atoms with E-state index in [1.54, 1.807) is 0 Å². The molecule has 0 atom stereocenters. The first-order chi connectivity index (χ1) is 21.3. The van der Waals surface area contributed by atoms with Gasteiger partial charge in [-0.2, -0.15) is 0 Å². The molecule has 3 heterocycles. The SMILES string of the molecule is CCn1c2cc(-c3ccc(-c4ccccc4)cc3)ccc2c2ccc3cc(C4=CC=C(C5=CC=CCN5)CN4)ccc3c21. The summed E-state index contributed by atoms with van der Waals surface area (Å²) in [5.41, 5.74) is 12.4. The van der Waals surface area contributed by atoms with E-state index in [0.29, 0.717) is 0 Å². The Balaban J connectivity index is 1.17. The Kier molecular flexibility index (Phi) is 6.22. The van der Waals surface area contributed by atoms with Crippen molar-refractivity contribution in [3.8, 4) is 22.3 Å². The van der Waals surface area contributed by atoms with E-state index in [1.165, 1.54) is 71.7 Å². The molecule has 0 radical (unpaired) electrons. The van der Waals surface area contributed by atoms with Gasteiger partial charge >= 0.3 is 0 Å². The highest BCUT2D eigenvalue weighted by Gasteiger charge is 2.16. The molecule has 208 valence electrons. The Morgan fingerprint density at radius 3 is 2.07 bits per heavy atom. The van der Waals surface area contributed by atoms with Crippen LogP contribution in [-0.4, -0.2) is 17.7 Å². The van der Waals surface area contributed by atoms with Gasteiger partial charge in [0.25, 0.3) is 0 Å². The standard InChI is InChI=1S/C40H33N3/c1-2-43-39-25-30(29-13-11-28(12-14-29)27-8-4-3-5-9-27)15-20-35(39)36-21-16-31-24-32(17-19-34(31)40(36)43)38-22-18-33(26-42-38)37-10-6-7-23-41-37/h3-22,24-25,41-42H,2,23,26H2,1H3. The average molecular weight is 556 g/mol. The van der Waals surface area contributed by atoms with Crippen LogP contribution in [0.1, 0.15) is 12.5 Å². The fraction of sp³-hybridized carbons (Fsp3) is 0.100. The molecule has 43 heavy (non-hydrogen) atoms. The number of hydrogen-bond donors (Lipinski definition) is 2. The van der Waals surface area contributed by atoms with Crippen LogP contribution >= 0.6 is 0 Å². The third kappa shape index (κ3) is 4.45. The molecule has 6 aromatic rings. The highest BCUT2D eigenvalue weighted by molar-refractivity contribution is 6.18. The van der Waals surface area contributed by atoms with Crippen molar-refractivity contribution in [3.05, 3.63) is 150 Å². The number of benzene rings is 5. The lowest BCUT2D eigenvalue weighted by atomic mass is 9.98. The second-order valence-corrected chi connectivity index (χ2v) is 11.3. The summed E-state index contributed by atoms with van der Waals surface area (Å²) in [5, 5.41) is 12.3. The van der Waals surface area contributed by atoms with E-state index in [9.17, 15) is 0 Å². The van der Waals surface area contributed by atoms with Crippen molar-refractivity contribution in [2.75, 3.05) is 13.1 Å². The minimum Gasteiger partial charge on any atom is -0.381 e. The first-order valence-electron chi connectivity index (χ1n) is 15.2. The van der Waals surface area contributed by atoms with E-state index < -0.39 is 0 Å². The van der Waals surface area contributed by atoms with Crippen LogP contribution in [0.4, 0.5) is 0 Å². The summed E-state index contributed by atoms with van der Waals surface area (Å²) in [4.78, 5) is 0. The van der Waals surface area contributed by atoms with E-state index in [0.717, 1.165) is 25.3 Å². The fourth-order valence-electron chi connectivity index (χ4n) is 6.64. The fourth-order valence-corrected chi connectivity index (χ4v) is 6.64. The lowest BCUT2D eigenvalue weighted by molar-refractivity contribution is 0.829. The maximum absolute atomic E-state index is 3.65. The Labute approximate surface area is 252 Å². The molecule has 0 aliphatic carbocycles. The molecular weight excluding hydrogens is 522 g/mol. The van der Waals surface area contributed by atoms with Crippen LogP contribution in [0.5, 0.6) is 0 Å². The van der Waals surface area contributed by atoms with Crippen LogP contribution in [0.2, 0.25) is 0 Å². The summed E-state index contributed by atoms with van der Waals surface area (Å²) in [5.74, 6) is 0. The van der Waals surface area contributed by atoms with Crippen LogP contribution in [0.25, 0.3) is 60.5 Å². The molecule has 2 aliphatic rings. The number of hydrogen-bond acceptors (Lipinski definition) is 2. The van der Waals surface area contributed by atoms with Gasteiger partial charge in [-0.25, -0.2) is 0 Å². The van der Waals surface area contributed by atoms with Gasteiger partial charge in [0.15, 0.2) is 0 Å². The molecule has 3 heteroatoms. The quantitative estimate of drug-likeness (QED) is 0.222.